The predicted molar refractivity (Wildman–Crippen MR) is 74.2 cm³/mol. The second-order valence-electron chi connectivity index (χ2n) is 4.12. The van der Waals surface area contributed by atoms with E-state index < -0.39 is 0 Å². The maximum Gasteiger partial charge on any atom is 0.165 e. The highest BCUT2D eigenvalue weighted by atomic mass is 35.5. The summed E-state index contributed by atoms with van der Waals surface area (Å²) in [6.45, 7) is 1.92. The predicted octanol–water partition coefficient (Wildman–Crippen LogP) is 4.06. The molecule has 100 valence electrons. The van der Waals surface area contributed by atoms with Gasteiger partial charge in [-0.25, -0.2) is 4.39 Å². The first-order chi connectivity index (χ1) is 9.11. The van der Waals surface area contributed by atoms with Crippen molar-refractivity contribution in [2.75, 3.05) is 12.4 Å². The third-order valence-electron chi connectivity index (χ3n) is 2.82. The molecule has 1 atom stereocenters. The quantitative estimate of drug-likeness (QED) is 0.917. The van der Waals surface area contributed by atoms with E-state index in [1.54, 1.807) is 24.5 Å². The highest BCUT2D eigenvalue weighted by molar-refractivity contribution is 6.33. The third kappa shape index (κ3) is 3.15. The van der Waals surface area contributed by atoms with Crippen molar-refractivity contribution in [2.24, 2.45) is 0 Å². The minimum atomic E-state index is -0.383. The lowest BCUT2D eigenvalue weighted by atomic mass is 10.1. The summed E-state index contributed by atoms with van der Waals surface area (Å²) in [5, 5.41) is 3.77. The zero-order valence-electron chi connectivity index (χ0n) is 10.7. The Bertz CT molecular complexity index is 577. The zero-order valence-corrected chi connectivity index (χ0v) is 11.4. The Kier molecular flexibility index (Phi) is 4.22. The Balaban J connectivity index is 2.18. The topological polar surface area (TPSA) is 34.1 Å². The van der Waals surface area contributed by atoms with Crippen LogP contribution in [0.3, 0.4) is 0 Å². The Morgan fingerprint density at radius 1 is 1.37 bits per heavy atom. The lowest BCUT2D eigenvalue weighted by Gasteiger charge is -2.17. The molecular weight excluding hydrogens is 267 g/mol. The molecule has 1 N–H and O–H groups in total. The number of aromatic nitrogens is 1. The molecule has 3 nitrogen and oxygen atoms in total. The van der Waals surface area contributed by atoms with Crippen LogP contribution in [0.2, 0.25) is 5.02 Å². The van der Waals surface area contributed by atoms with Gasteiger partial charge in [-0.1, -0.05) is 17.7 Å². The van der Waals surface area contributed by atoms with Crippen molar-refractivity contribution >= 4 is 17.3 Å². The fourth-order valence-corrected chi connectivity index (χ4v) is 1.91. The maximum atomic E-state index is 13.6. The minimum Gasteiger partial charge on any atom is -0.494 e. The van der Waals surface area contributed by atoms with Gasteiger partial charge in [0.1, 0.15) is 0 Å². The number of nitrogens with zero attached hydrogens (tertiary/aromatic N) is 1. The SMILES string of the molecule is COc1ccc(C(C)Nc2cnccc2Cl)cc1F. The molecule has 1 heterocycles. The number of methoxy groups -OCH3 is 1. The van der Waals surface area contributed by atoms with Gasteiger partial charge < -0.3 is 10.1 Å². The first-order valence-corrected chi connectivity index (χ1v) is 6.19. The third-order valence-corrected chi connectivity index (χ3v) is 3.15. The van der Waals surface area contributed by atoms with Crippen LogP contribution in [0.15, 0.2) is 36.7 Å². The molecule has 2 aromatic rings. The fraction of sp³-hybridized carbons (Fsp3) is 0.214. The standard InChI is InChI=1S/C14H14ClFN2O/c1-9(18-13-8-17-6-5-11(13)15)10-3-4-14(19-2)12(16)7-10/h3-9,18H,1-2H3. The average Bonchev–Trinajstić information content (AvgIpc) is 2.41. The van der Waals surface area contributed by atoms with Gasteiger partial charge >= 0.3 is 0 Å². The van der Waals surface area contributed by atoms with Gasteiger partial charge in [0.2, 0.25) is 0 Å². The number of hydrogen-bond acceptors (Lipinski definition) is 3. The molecule has 0 aliphatic heterocycles. The summed E-state index contributed by atoms with van der Waals surface area (Å²) in [6.07, 6.45) is 3.25. The molecule has 0 aliphatic carbocycles. The van der Waals surface area contributed by atoms with E-state index in [0.717, 1.165) is 5.56 Å². The van der Waals surface area contributed by atoms with Crippen molar-refractivity contribution in [3.05, 3.63) is 53.1 Å². The van der Waals surface area contributed by atoms with Crippen LogP contribution >= 0.6 is 11.6 Å². The molecule has 0 saturated heterocycles. The van der Waals surface area contributed by atoms with E-state index in [4.69, 9.17) is 16.3 Å². The van der Waals surface area contributed by atoms with Gasteiger partial charge in [-0.05, 0) is 30.7 Å². The van der Waals surface area contributed by atoms with Crippen molar-refractivity contribution in [3.8, 4) is 5.75 Å². The van der Waals surface area contributed by atoms with Crippen molar-refractivity contribution in [1.82, 2.24) is 4.98 Å². The summed E-state index contributed by atoms with van der Waals surface area (Å²) in [5.74, 6) is -0.152. The van der Waals surface area contributed by atoms with Crippen LogP contribution in [0, 0.1) is 5.82 Å². The molecule has 0 bridgehead atoms. The van der Waals surface area contributed by atoms with E-state index in [-0.39, 0.29) is 17.6 Å². The highest BCUT2D eigenvalue weighted by Crippen LogP contribution is 2.27. The van der Waals surface area contributed by atoms with Crippen LogP contribution in [-0.2, 0) is 0 Å². The molecule has 1 aromatic carbocycles. The number of pyridine rings is 1. The smallest absolute Gasteiger partial charge is 0.165 e. The second-order valence-corrected chi connectivity index (χ2v) is 4.52. The second kappa shape index (κ2) is 5.89. The number of hydrogen-bond donors (Lipinski definition) is 1. The van der Waals surface area contributed by atoms with Gasteiger partial charge in [0.15, 0.2) is 11.6 Å². The lowest BCUT2D eigenvalue weighted by Crippen LogP contribution is -2.07. The number of ether oxygens (including phenoxy) is 1. The van der Waals surface area contributed by atoms with Crippen LogP contribution in [0.25, 0.3) is 0 Å². The molecule has 0 spiro atoms. The summed E-state index contributed by atoms with van der Waals surface area (Å²) in [6, 6.07) is 6.46. The zero-order chi connectivity index (χ0) is 13.8. The van der Waals surface area contributed by atoms with Crippen LogP contribution in [0.5, 0.6) is 5.75 Å². The van der Waals surface area contributed by atoms with Crippen molar-refractivity contribution in [1.29, 1.82) is 0 Å². The van der Waals surface area contributed by atoms with Crippen molar-refractivity contribution in [3.63, 3.8) is 0 Å². The van der Waals surface area contributed by atoms with Crippen LogP contribution < -0.4 is 10.1 Å². The molecule has 5 heteroatoms. The van der Waals surface area contributed by atoms with E-state index in [1.807, 2.05) is 13.0 Å². The number of halogens is 2. The van der Waals surface area contributed by atoms with Crippen molar-refractivity contribution < 1.29 is 9.13 Å². The molecule has 0 aliphatic rings. The lowest BCUT2D eigenvalue weighted by molar-refractivity contribution is 0.386. The summed E-state index contributed by atoms with van der Waals surface area (Å²) in [5.41, 5.74) is 1.52. The molecule has 0 fully saturated rings. The summed E-state index contributed by atoms with van der Waals surface area (Å²) < 4.78 is 18.5. The summed E-state index contributed by atoms with van der Waals surface area (Å²) >= 11 is 6.04. The van der Waals surface area contributed by atoms with E-state index in [0.29, 0.717) is 10.7 Å². The molecule has 0 amide bonds. The number of anilines is 1. The summed E-state index contributed by atoms with van der Waals surface area (Å²) in [7, 11) is 1.44. The van der Waals surface area contributed by atoms with Gasteiger partial charge in [-0.3, -0.25) is 4.98 Å². The number of nitrogens with one attached hydrogen (secondary N) is 1. The molecule has 2 rings (SSSR count). The van der Waals surface area contributed by atoms with Gasteiger partial charge in [0, 0.05) is 12.2 Å². The number of rotatable bonds is 4. The Labute approximate surface area is 116 Å². The summed E-state index contributed by atoms with van der Waals surface area (Å²) in [4.78, 5) is 4.00. The van der Waals surface area contributed by atoms with Crippen molar-refractivity contribution in [2.45, 2.75) is 13.0 Å². The molecular formula is C14H14ClFN2O. The van der Waals surface area contributed by atoms with E-state index >= 15 is 0 Å². The van der Waals surface area contributed by atoms with Gasteiger partial charge in [0.25, 0.3) is 0 Å². The Morgan fingerprint density at radius 3 is 2.79 bits per heavy atom. The molecule has 1 aromatic heterocycles. The molecule has 0 saturated carbocycles. The van der Waals surface area contributed by atoms with Gasteiger partial charge in [-0.2, -0.15) is 0 Å². The van der Waals surface area contributed by atoms with Crippen LogP contribution in [-0.4, -0.2) is 12.1 Å². The minimum absolute atomic E-state index is 0.0953. The van der Waals surface area contributed by atoms with Gasteiger partial charge in [-0.15, -0.1) is 0 Å². The number of benzene rings is 1. The maximum absolute atomic E-state index is 13.6. The van der Waals surface area contributed by atoms with Gasteiger partial charge in [0.05, 0.1) is 24.0 Å². The van der Waals surface area contributed by atoms with E-state index in [9.17, 15) is 4.39 Å². The monoisotopic (exact) mass is 280 g/mol. The van der Waals surface area contributed by atoms with Crippen LogP contribution in [0.4, 0.5) is 10.1 Å². The normalized spacial score (nSPS) is 12.0. The largest absolute Gasteiger partial charge is 0.494 e. The average molecular weight is 281 g/mol. The Morgan fingerprint density at radius 2 is 2.16 bits per heavy atom. The first-order valence-electron chi connectivity index (χ1n) is 5.81. The molecule has 0 radical (unpaired) electrons. The van der Waals surface area contributed by atoms with Crippen LogP contribution in [0.1, 0.15) is 18.5 Å². The first kappa shape index (κ1) is 13.6. The molecule has 1 unspecified atom stereocenters. The molecule has 19 heavy (non-hydrogen) atoms. The van der Waals surface area contributed by atoms with E-state index in [1.165, 1.54) is 13.2 Å². The fourth-order valence-electron chi connectivity index (χ4n) is 1.75. The van der Waals surface area contributed by atoms with E-state index in [2.05, 4.69) is 10.3 Å². The highest BCUT2D eigenvalue weighted by Gasteiger charge is 2.10. The Hall–Kier alpha value is -1.81.